The number of benzene rings is 1. The normalized spacial score (nSPS) is 11.6. The van der Waals surface area contributed by atoms with Crippen LogP contribution in [0.1, 0.15) is 12.5 Å². The van der Waals surface area contributed by atoms with Crippen molar-refractivity contribution in [1.29, 1.82) is 0 Å². The Morgan fingerprint density at radius 3 is 2.33 bits per heavy atom. The van der Waals surface area contributed by atoms with E-state index in [1.165, 1.54) is 13.0 Å². The van der Waals surface area contributed by atoms with Gasteiger partial charge in [0.05, 0.1) is 10.0 Å². The highest BCUT2D eigenvalue weighted by Crippen LogP contribution is 2.32. The molecule has 0 aliphatic heterocycles. The Kier molecular flexibility index (Phi) is 4.03. The van der Waals surface area contributed by atoms with E-state index in [1.807, 2.05) is 0 Å². The standard InChI is InChI=1S/C10H7Cl3O2/c1-5(10(14)15)4-6-7(11)2-3-8(12)9(6)13/h2-4H,1H3,(H,14,15)/b5-4+. The molecule has 0 fully saturated rings. The highest BCUT2D eigenvalue weighted by molar-refractivity contribution is 6.44. The highest BCUT2D eigenvalue weighted by atomic mass is 35.5. The van der Waals surface area contributed by atoms with Crippen molar-refractivity contribution in [2.45, 2.75) is 6.92 Å². The Hall–Kier alpha value is -0.700. The molecule has 2 nitrogen and oxygen atoms in total. The van der Waals surface area contributed by atoms with Crippen LogP contribution in [0, 0.1) is 0 Å². The van der Waals surface area contributed by atoms with Crippen molar-refractivity contribution in [3.63, 3.8) is 0 Å². The molecule has 0 radical (unpaired) electrons. The molecule has 0 amide bonds. The van der Waals surface area contributed by atoms with Crippen LogP contribution in [0.2, 0.25) is 15.1 Å². The molecule has 0 atom stereocenters. The van der Waals surface area contributed by atoms with Gasteiger partial charge < -0.3 is 5.11 Å². The minimum atomic E-state index is -1.03. The van der Waals surface area contributed by atoms with Crippen molar-refractivity contribution < 1.29 is 9.90 Å². The van der Waals surface area contributed by atoms with Gasteiger partial charge in [0.25, 0.3) is 0 Å². The van der Waals surface area contributed by atoms with E-state index >= 15 is 0 Å². The second-order valence-corrected chi connectivity index (χ2v) is 4.08. The molecule has 15 heavy (non-hydrogen) atoms. The molecule has 0 aromatic heterocycles. The molecule has 1 aromatic carbocycles. The number of hydrogen-bond acceptors (Lipinski definition) is 1. The molecule has 0 spiro atoms. The third-order valence-corrected chi connectivity index (χ3v) is 2.93. The molecule has 80 valence electrons. The van der Waals surface area contributed by atoms with E-state index in [0.29, 0.717) is 15.6 Å². The maximum Gasteiger partial charge on any atom is 0.331 e. The van der Waals surface area contributed by atoms with Crippen molar-refractivity contribution in [3.8, 4) is 0 Å². The summed E-state index contributed by atoms with van der Waals surface area (Å²) in [5, 5.41) is 9.67. The van der Waals surface area contributed by atoms with Gasteiger partial charge in [0.2, 0.25) is 0 Å². The average Bonchev–Trinajstić information content (AvgIpc) is 2.18. The number of carbonyl (C=O) groups is 1. The van der Waals surface area contributed by atoms with Crippen LogP contribution in [0.4, 0.5) is 0 Å². The fourth-order valence-electron chi connectivity index (χ4n) is 0.953. The van der Waals surface area contributed by atoms with Gasteiger partial charge >= 0.3 is 5.97 Å². The zero-order chi connectivity index (χ0) is 11.6. The van der Waals surface area contributed by atoms with Gasteiger partial charge in [0.15, 0.2) is 0 Å². The lowest BCUT2D eigenvalue weighted by atomic mass is 10.1. The molecule has 5 heteroatoms. The first-order valence-corrected chi connectivity index (χ1v) is 5.12. The first-order valence-electron chi connectivity index (χ1n) is 3.98. The van der Waals surface area contributed by atoms with Crippen LogP contribution in [0.25, 0.3) is 6.08 Å². The van der Waals surface area contributed by atoms with E-state index in [-0.39, 0.29) is 10.6 Å². The number of halogens is 3. The molecule has 0 aliphatic carbocycles. The van der Waals surface area contributed by atoms with Gasteiger partial charge in [-0.15, -0.1) is 0 Å². The van der Waals surface area contributed by atoms with Crippen LogP contribution in [0.3, 0.4) is 0 Å². The molecule has 1 rings (SSSR count). The highest BCUT2D eigenvalue weighted by Gasteiger charge is 2.09. The molecule has 1 N–H and O–H groups in total. The van der Waals surface area contributed by atoms with E-state index in [4.69, 9.17) is 39.9 Å². The smallest absolute Gasteiger partial charge is 0.331 e. The van der Waals surface area contributed by atoms with E-state index in [1.54, 1.807) is 12.1 Å². The summed E-state index contributed by atoms with van der Waals surface area (Å²) in [6, 6.07) is 3.12. The number of hydrogen-bond donors (Lipinski definition) is 1. The van der Waals surface area contributed by atoms with E-state index in [2.05, 4.69) is 0 Å². The van der Waals surface area contributed by atoms with Gasteiger partial charge in [-0.3, -0.25) is 0 Å². The number of rotatable bonds is 2. The largest absolute Gasteiger partial charge is 0.478 e. The Balaban J connectivity index is 3.32. The van der Waals surface area contributed by atoms with Gasteiger partial charge in [-0.1, -0.05) is 34.8 Å². The first-order chi connectivity index (χ1) is 6.93. The molecule has 0 saturated carbocycles. The maximum absolute atomic E-state index is 10.6. The molecule has 0 aliphatic rings. The second kappa shape index (κ2) is 4.88. The van der Waals surface area contributed by atoms with Gasteiger partial charge in [0, 0.05) is 16.2 Å². The lowest BCUT2D eigenvalue weighted by Gasteiger charge is -2.04. The Labute approximate surface area is 102 Å². The van der Waals surface area contributed by atoms with Crippen molar-refractivity contribution >= 4 is 46.8 Å². The van der Waals surface area contributed by atoms with Gasteiger partial charge in [-0.2, -0.15) is 0 Å². The number of aliphatic carboxylic acids is 1. The lowest BCUT2D eigenvalue weighted by molar-refractivity contribution is -0.132. The summed E-state index contributed by atoms with van der Waals surface area (Å²) in [6.07, 6.45) is 1.39. The fourth-order valence-corrected chi connectivity index (χ4v) is 1.60. The zero-order valence-electron chi connectivity index (χ0n) is 7.72. The Morgan fingerprint density at radius 2 is 1.80 bits per heavy atom. The SMILES string of the molecule is C/C(=C\c1c(Cl)ccc(Cl)c1Cl)C(=O)O. The van der Waals surface area contributed by atoms with Crippen LogP contribution >= 0.6 is 34.8 Å². The summed E-state index contributed by atoms with van der Waals surface area (Å²) >= 11 is 17.5. The predicted octanol–water partition coefficient (Wildman–Crippen LogP) is 4.13. The summed E-state index contributed by atoms with van der Waals surface area (Å²) < 4.78 is 0. The van der Waals surface area contributed by atoms with Crippen molar-refractivity contribution in [3.05, 3.63) is 38.3 Å². The lowest BCUT2D eigenvalue weighted by Crippen LogP contribution is -1.95. The quantitative estimate of drug-likeness (QED) is 0.645. The molecular weight excluding hydrogens is 258 g/mol. The van der Waals surface area contributed by atoms with Gasteiger partial charge in [-0.05, 0) is 25.1 Å². The summed E-state index contributed by atoms with van der Waals surface area (Å²) in [4.78, 5) is 10.6. The predicted molar refractivity (Wildman–Crippen MR) is 62.8 cm³/mol. The average molecular weight is 266 g/mol. The van der Waals surface area contributed by atoms with Crippen LogP contribution < -0.4 is 0 Å². The Morgan fingerprint density at radius 1 is 1.27 bits per heavy atom. The summed E-state index contributed by atoms with van der Waals surface area (Å²) in [5.74, 6) is -1.03. The minimum Gasteiger partial charge on any atom is -0.478 e. The second-order valence-electron chi connectivity index (χ2n) is 2.89. The first kappa shape index (κ1) is 12.4. The molecule has 0 heterocycles. The molecule has 0 bridgehead atoms. The molecule has 1 aromatic rings. The number of carboxylic acids is 1. The van der Waals surface area contributed by atoms with Crippen LogP contribution in [-0.4, -0.2) is 11.1 Å². The van der Waals surface area contributed by atoms with Gasteiger partial charge in [0.1, 0.15) is 0 Å². The topological polar surface area (TPSA) is 37.3 Å². The summed E-state index contributed by atoms with van der Waals surface area (Å²) in [7, 11) is 0. The third-order valence-electron chi connectivity index (χ3n) is 1.78. The monoisotopic (exact) mass is 264 g/mol. The van der Waals surface area contributed by atoms with E-state index in [9.17, 15) is 4.79 Å². The summed E-state index contributed by atoms with van der Waals surface area (Å²) in [5.41, 5.74) is 0.562. The van der Waals surface area contributed by atoms with Crippen molar-refractivity contribution in [1.82, 2.24) is 0 Å². The van der Waals surface area contributed by atoms with E-state index < -0.39 is 5.97 Å². The maximum atomic E-state index is 10.6. The Bertz CT molecular complexity index is 439. The van der Waals surface area contributed by atoms with Crippen molar-refractivity contribution in [2.24, 2.45) is 0 Å². The summed E-state index contributed by atoms with van der Waals surface area (Å²) in [6.45, 7) is 1.45. The molecular formula is C10H7Cl3O2. The minimum absolute atomic E-state index is 0.140. The van der Waals surface area contributed by atoms with Gasteiger partial charge in [-0.25, -0.2) is 4.79 Å². The molecule has 0 unspecified atom stereocenters. The zero-order valence-corrected chi connectivity index (χ0v) is 9.99. The molecule has 0 saturated heterocycles. The third kappa shape index (κ3) is 2.88. The number of carboxylic acid groups (broad SMARTS) is 1. The van der Waals surface area contributed by atoms with Crippen LogP contribution in [-0.2, 0) is 4.79 Å². The van der Waals surface area contributed by atoms with Crippen LogP contribution in [0.5, 0.6) is 0 Å². The fraction of sp³-hybridized carbons (Fsp3) is 0.100. The van der Waals surface area contributed by atoms with Crippen molar-refractivity contribution in [2.75, 3.05) is 0 Å². The van der Waals surface area contributed by atoms with Crippen LogP contribution in [0.15, 0.2) is 17.7 Å². The van der Waals surface area contributed by atoms with E-state index in [0.717, 1.165) is 0 Å².